The van der Waals surface area contributed by atoms with Gasteiger partial charge in [-0.1, -0.05) is 6.61 Å². The van der Waals surface area contributed by atoms with E-state index in [0.717, 1.165) is 0 Å². The van der Waals surface area contributed by atoms with E-state index in [2.05, 4.69) is 0 Å². The van der Waals surface area contributed by atoms with Crippen LogP contribution < -0.4 is 5.11 Å². The summed E-state index contributed by atoms with van der Waals surface area (Å²) in [4.78, 5) is 62.2. The Kier molecular flexibility index (Phi) is 4.14. The molecule has 8 heteroatoms. The Morgan fingerprint density at radius 3 is 1.47 bits per heavy atom. The lowest BCUT2D eigenvalue weighted by atomic mass is 10.1. The summed E-state index contributed by atoms with van der Waals surface area (Å²) in [6.07, 6.45) is 0. The van der Waals surface area contributed by atoms with Gasteiger partial charge in [0.2, 0.25) is 0 Å². The summed E-state index contributed by atoms with van der Waals surface area (Å²) in [5.41, 5.74) is 0. The number of carbonyl (C=O) groups is 6. The Labute approximate surface area is 81.5 Å². The van der Waals surface area contributed by atoms with E-state index in [4.69, 9.17) is 0 Å². The highest BCUT2D eigenvalue weighted by Crippen LogP contribution is 1.86. The fourth-order valence-electron chi connectivity index (χ4n) is 0.491. The largest absolute Gasteiger partial charge is 0.849 e. The first-order valence-corrected chi connectivity index (χ1v) is 3.32. The maximum absolute atomic E-state index is 10.6. The maximum atomic E-state index is 10.6. The summed E-state index contributed by atoms with van der Waals surface area (Å²) in [6.45, 7) is -1.57. The lowest BCUT2D eigenvalue weighted by molar-refractivity contribution is -0.353. The quantitative estimate of drug-likeness (QED) is 0.324. The van der Waals surface area contributed by atoms with Crippen molar-refractivity contribution in [3.63, 3.8) is 0 Å². The molecule has 0 aliphatic rings. The molecule has 0 rings (SSSR count). The van der Waals surface area contributed by atoms with Gasteiger partial charge in [0.1, 0.15) is 0 Å². The molecule has 0 aromatic carbocycles. The molecule has 0 saturated heterocycles. The minimum atomic E-state index is -2.48. The van der Waals surface area contributed by atoms with Crippen LogP contribution in [0.15, 0.2) is 0 Å². The minimum Gasteiger partial charge on any atom is -0.849 e. The Hall–Kier alpha value is -2.22. The van der Waals surface area contributed by atoms with Crippen molar-refractivity contribution in [3.8, 4) is 0 Å². The minimum absolute atomic E-state index is 1.57. The first kappa shape index (κ1) is 12.8. The van der Waals surface area contributed by atoms with Gasteiger partial charge in [-0.2, -0.15) is 0 Å². The van der Waals surface area contributed by atoms with Crippen LogP contribution in [0.5, 0.6) is 0 Å². The Balaban J connectivity index is 4.82. The average molecular weight is 214 g/mol. The number of Topliss-reactive ketones (excluding diaryl/α,β-unsaturated/α-hetero) is 5. The standard InChI is InChI=1S/C7H2O8/c8-1-2(9)3(10)4(11)5(12)6(13)7(14)15/h1H2/q-1. The first-order chi connectivity index (χ1) is 6.82. The van der Waals surface area contributed by atoms with E-state index < -0.39 is 41.5 Å². The number of rotatable bonds is 6. The van der Waals surface area contributed by atoms with Crippen LogP contribution in [0, 0.1) is 0 Å². The zero-order chi connectivity index (χ0) is 12.2. The zero-order valence-corrected chi connectivity index (χ0v) is 6.97. The molecule has 0 amide bonds. The molecule has 0 fully saturated rings. The summed E-state index contributed by atoms with van der Waals surface area (Å²) in [5, 5.41) is 19.7. The molecule has 8 nitrogen and oxygen atoms in total. The Morgan fingerprint density at radius 2 is 1.13 bits per heavy atom. The van der Waals surface area contributed by atoms with Gasteiger partial charge >= 0.3 is 11.8 Å². The van der Waals surface area contributed by atoms with Crippen LogP contribution in [-0.2, 0) is 33.9 Å². The lowest BCUT2D eigenvalue weighted by Crippen LogP contribution is -2.40. The molecule has 79 valence electrons. The van der Waals surface area contributed by atoms with Crippen LogP contribution in [0.3, 0.4) is 0 Å². The highest BCUT2D eigenvalue weighted by atomic mass is 16.4. The normalized spacial score (nSPS) is 9.13. The molecular formula is C7H2O8-. The van der Waals surface area contributed by atoms with Gasteiger partial charge in [-0.15, -0.1) is 0 Å². The third-order valence-corrected chi connectivity index (χ3v) is 1.19. The van der Waals surface area contributed by atoms with E-state index in [-0.39, 0.29) is 0 Å². The number of hydrogen-bond acceptors (Lipinski definition) is 7. The van der Waals surface area contributed by atoms with E-state index >= 15 is 0 Å². The summed E-state index contributed by atoms with van der Waals surface area (Å²) in [5.74, 6) is -12.8. The topological polar surface area (TPSA) is 145 Å². The van der Waals surface area contributed by atoms with Gasteiger partial charge in [0.15, 0.2) is 5.78 Å². The molecule has 0 aliphatic heterocycles. The maximum Gasteiger partial charge on any atom is 0.430 e. The van der Waals surface area contributed by atoms with Crippen LogP contribution in [0.2, 0.25) is 0 Å². The number of hydrogen-bond donors (Lipinski definition) is 0. The van der Waals surface area contributed by atoms with E-state index in [1.165, 1.54) is 0 Å². The van der Waals surface area contributed by atoms with Crippen LogP contribution in [0.1, 0.15) is 0 Å². The van der Waals surface area contributed by atoms with Crippen molar-refractivity contribution < 1.29 is 39.0 Å². The third kappa shape index (κ3) is 2.88. The highest BCUT2D eigenvalue weighted by molar-refractivity contribution is 6.91. The summed E-state index contributed by atoms with van der Waals surface area (Å²) in [7, 11) is 0. The predicted octanol–water partition coefficient (Wildman–Crippen LogP) is -3.85. The van der Waals surface area contributed by atoms with Gasteiger partial charge in [0.25, 0.3) is 17.3 Å². The molecule has 0 spiro atoms. The third-order valence-electron chi connectivity index (χ3n) is 1.19. The number of carbonyl (C=O) groups excluding carboxylic acids is 6. The molecule has 0 bridgehead atoms. The second kappa shape index (κ2) is 4.86. The van der Waals surface area contributed by atoms with Crippen LogP contribution in [0.4, 0.5) is 0 Å². The predicted molar refractivity (Wildman–Crippen MR) is 35.6 cm³/mol. The molecule has 15 heavy (non-hydrogen) atoms. The molecular weight excluding hydrogens is 212 g/mol. The van der Waals surface area contributed by atoms with Crippen molar-refractivity contribution in [1.29, 1.82) is 0 Å². The molecule has 0 atom stereocenters. The van der Waals surface area contributed by atoms with E-state index in [1.54, 1.807) is 0 Å². The van der Waals surface area contributed by atoms with Crippen molar-refractivity contribution in [1.82, 2.24) is 0 Å². The molecule has 0 N–H and O–H groups in total. The van der Waals surface area contributed by atoms with Crippen LogP contribution >= 0.6 is 0 Å². The van der Waals surface area contributed by atoms with E-state index in [0.29, 0.717) is 0 Å². The second-order valence-corrected chi connectivity index (χ2v) is 2.17. The fraction of sp³-hybridized carbons (Fsp3) is 0.143. The smallest absolute Gasteiger partial charge is 0.430 e. The van der Waals surface area contributed by atoms with Crippen LogP contribution in [-0.4, -0.2) is 41.5 Å². The second-order valence-electron chi connectivity index (χ2n) is 2.17. The van der Waals surface area contributed by atoms with Crippen molar-refractivity contribution >= 4 is 34.9 Å². The molecule has 0 saturated carbocycles. The molecule has 0 aromatic heterocycles. The Bertz CT molecular complexity index is 376. The van der Waals surface area contributed by atoms with Gasteiger partial charge < -0.3 is 5.11 Å². The monoisotopic (exact) mass is 214 g/mol. The molecule has 1 radical (unpaired) electrons. The molecule has 0 unspecified atom stereocenters. The van der Waals surface area contributed by atoms with Gasteiger partial charge in [0, 0.05) is 0 Å². The summed E-state index contributed by atoms with van der Waals surface area (Å²) < 4.78 is 0. The van der Waals surface area contributed by atoms with Crippen molar-refractivity contribution in [2.45, 2.75) is 0 Å². The van der Waals surface area contributed by atoms with Gasteiger partial charge in [0.05, 0.1) is 0 Å². The first-order valence-electron chi connectivity index (χ1n) is 3.32. The average Bonchev–Trinajstić information content (AvgIpc) is 2.23. The zero-order valence-electron chi connectivity index (χ0n) is 6.97. The fourth-order valence-corrected chi connectivity index (χ4v) is 0.491. The molecule has 0 heterocycles. The van der Waals surface area contributed by atoms with E-state index in [1.807, 2.05) is 0 Å². The van der Waals surface area contributed by atoms with Crippen molar-refractivity contribution in [3.05, 3.63) is 0 Å². The summed E-state index contributed by atoms with van der Waals surface area (Å²) >= 11 is 0. The van der Waals surface area contributed by atoms with Gasteiger partial charge in [-0.3, -0.25) is 24.0 Å². The van der Waals surface area contributed by atoms with Crippen LogP contribution in [0.25, 0.3) is 0 Å². The van der Waals surface area contributed by atoms with Gasteiger partial charge in [-0.25, -0.2) is 9.90 Å². The SMILES string of the molecule is [O]C(=O)C(=O)C(=O)C(=O)C(=O)C(=O)C[O-]. The molecule has 0 aliphatic carbocycles. The summed E-state index contributed by atoms with van der Waals surface area (Å²) in [6, 6.07) is 0. The number of ketones is 5. The highest BCUT2D eigenvalue weighted by Gasteiger charge is 2.35. The Morgan fingerprint density at radius 1 is 0.733 bits per heavy atom. The van der Waals surface area contributed by atoms with Gasteiger partial charge in [-0.05, 0) is 0 Å². The van der Waals surface area contributed by atoms with E-state index in [9.17, 15) is 39.0 Å². The van der Waals surface area contributed by atoms with Crippen molar-refractivity contribution in [2.75, 3.05) is 6.61 Å². The molecule has 0 aromatic rings. The lowest BCUT2D eigenvalue weighted by Gasteiger charge is -1.98. The van der Waals surface area contributed by atoms with Crippen molar-refractivity contribution in [2.24, 2.45) is 0 Å².